The maximum Gasteiger partial charge on any atom is 0.324 e. The lowest BCUT2D eigenvalue weighted by molar-refractivity contribution is -0.156. The van der Waals surface area contributed by atoms with Crippen molar-refractivity contribution >= 4 is 40.1 Å². The summed E-state index contributed by atoms with van der Waals surface area (Å²) in [6.45, 7) is 19.7. The minimum Gasteiger partial charge on any atom is -0.464 e. The van der Waals surface area contributed by atoms with Crippen LogP contribution in [0.5, 0.6) is 0 Å². The molecule has 3 aromatic rings. The SMILES string of the molecule is CCn1c(-c2cc(N3CCN(C4CC4)CC3)cnc2[C@H](C)OC)c2c3cc(ccc31)N1CCO[C@@H](C[C@H](NC(=O)[C@H](C3CCCC3)N3CC[C@]4(CCNC4)C3)C(=O)N3CCC[C@H](N3)C(=O)OCC(C)(C)C2)C1. The number of rotatable bonds is 10. The molecule has 2 aliphatic carbocycles. The number of ether oxygens (including phenoxy) is 3. The van der Waals surface area contributed by atoms with Crippen LogP contribution in [0.3, 0.4) is 0 Å². The quantitative estimate of drug-likeness (QED) is 0.215. The highest BCUT2D eigenvalue weighted by Crippen LogP contribution is 2.44. The molecule has 6 aliphatic heterocycles. The summed E-state index contributed by atoms with van der Waals surface area (Å²) in [4.78, 5) is 59.4. The standard InChI is InChI=1S/C56H82N10O6/c1-6-65-48-16-15-40-28-43(48)45(51(65)44-29-41(32-58-49(44)37(2)70-5)62-24-22-61(23-25-62)39-13-14-39)31-55(3,4)36-72-54(69)46-12-9-20-66(60-46)53(68)47(30-42-33-63(40)26-27-71-42)59-52(67)50(38-10-7-8-11-38)64-21-18-56(35-64)17-19-57-34-56/h15-16,28-29,32,37-39,42,46-47,50,57,60H,6-14,17-27,30-31,33-36H2,1-5H3,(H,59,67)/t37-,42-,46-,47-,50-,56-/m0/s1. The zero-order chi connectivity index (χ0) is 49.7. The third kappa shape index (κ3) is 10.1. The number of anilines is 2. The Bertz CT molecular complexity index is 2450. The van der Waals surface area contributed by atoms with Crippen molar-refractivity contribution in [3.05, 3.63) is 41.7 Å². The molecular formula is C56H82N10O6. The molecule has 1 aromatic carbocycles. The summed E-state index contributed by atoms with van der Waals surface area (Å²) in [5.41, 5.74) is 10.7. The number of carbonyl (C=O) groups excluding carboxylic acids is 3. The second-order valence-corrected chi connectivity index (χ2v) is 23.7. The molecule has 0 unspecified atom stereocenters. The number of hydrogen-bond donors (Lipinski definition) is 3. The van der Waals surface area contributed by atoms with Gasteiger partial charge in [0.1, 0.15) is 12.1 Å². The molecule has 2 saturated carbocycles. The Labute approximate surface area is 427 Å². The van der Waals surface area contributed by atoms with Gasteiger partial charge in [0.15, 0.2) is 0 Å². The first kappa shape index (κ1) is 49.9. The number of hydrazine groups is 1. The van der Waals surface area contributed by atoms with E-state index in [1.54, 1.807) is 12.1 Å². The van der Waals surface area contributed by atoms with Crippen LogP contribution in [-0.2, 0) is 41.6 Å². The fourth-order valence-corrected chi connectivity index (χ4v) is 13.8. The van der Waals surface area contributed by atoms with Crippen molar-refractivity contribution in [3.63, 3.8) is 0 Å². The number of carbonyl (C=O) groups is 3. The molecule has 6 bridgehead atoms. The maximum absolute atomic E-state index is 15.0. The van der Waals surface area contributed by atoms with Crippen LogP contribution in [0.15, 0.2) is 30.5 Å². The molecule has 3 N–H and O–H groups in total. The number of fused-ring (bicyclic) bond motifs is 6. The lowest BCUT2D eigenvalue weighted by atomic mass is 9.84. The van der Waals surface area contributed by atoms with Crippen molar-refractivity contribution in [1.82, 2.24) is 40.4 Å². The molecule has 2 aromatic heterocycles. The minimum absolute atomic E-state index is 0.0533. The third-order valence-corrected chi connectivity index (χ3v) is 18.0. The fraction of sp³-hybridized carbons (Fsp3) is 0.714. The Morgan fingerprint density at radius 2 is 1.78 bits per heavy atom. The molecule has 392 valence electrons. The van der Waals surface area contributed by atoms with Gasteiger partial charge in [-0.1, -0.05) is 26.7 Å². The van der Waals surface area contributed by atoms with E-state index in [1.807, 2.05) is 6.20 Å². The number of pyridine rings is 1. The lowest BCUT2D eigenvalue weighted by Gasteiger charge is -2.39. The van der Waals surface area contributed by atoms with Crippen molar-refractivity contribution in [2.45, 2.75) is 148 Å². The molecule has 7 fully saturated rings. The van der Waals surface area contributed by atoms with Crippen LogP contribution in [0.2, 0.25) is 0 Å². The lowest BCUT2D eigenvalue weighted by Crippen LogP contribution is -2.62. The molecule has 16 nitrogen and oxygen atoms in total. The molecule has 72 heavy (non-hydrogen) atoms. The van der Waals surface area contributed by atoms with E-state index in [2.05, 4.69) is 92.2 Å². The van der Waals surface area contributed by atoms with Crippen LogP contribution in [0.1, 0.15) is 116 Å². The van der Waals surface area contributed by atoms with Gasteiger partial charge in [0.05, 0.1) is 54.7 Å². The van der Waals surface area contributed by atoms with Gasteiger partial charge >= 0.3 is 5.97 Å². The summed E-state index contributed by atoms with van der Waals surface area (Å²) in [7, 11) is 1.76. The van der Waals surface area contributed by atoms with E-state index in [-0.39, 0.29) is 54.0 Å². The van der Waals surface area contributed by atoms with E-state index in [9.17, 15) is 14.4 Å². The van der Waals surface area contributed by atoms with Crippen LogP contribution >= 0.6 is 0 Å². The first-order valence-corrected chi connectivity index (χ1v) is 27.9. The zero-order valence-corrected chi connectivity index (χ0v) is 43.9. The smallest absolute Gasteiger partial charge is 0.324 e. The molecule has 5 saturated heterocycles. The van der Waals surface area contributed by atoms with Crippen LogP contribution in [0.4, 0.5) is 11.4 Å². The molecule has 11 rings (SSSR count). The highest BCUT2D eigenvalue weighted by atomic mass is 16.5. The number of morpholine rings is 1. The van der Waals surface area contributed by atoms with E-state index < -0.39 is 17.5 Å². The van der Waals surface area contributed by atoms with Crippen molar-refractivity contribution < 1.29 is 28.6 Å². The number of piperazine rings is 1. The average Bonchev–Trinajstić information content (AvgIpc) is 3.67. The number of benzene rings is 1. The molecule has 0 radical (unpaired) electrons. The first-order valence-electron chi connectivity index (χ1n) is 27.9. The number of aromatic nitrogens is 2. The summed E-state index contributed by atoms with van der Waals surface area (Å²) >= 11 is 0. The number of cyclic esters (lactones) is 1. The zero-order valence-electron chi connectivity index (χ0n) is 43.9. The van der Waals surface area contributed by atoms with Gasteiger partial charge in [-0.05, 0) is 126 Å². The van der Waals surface area contributed by atoms with Crippen molar-refractivity contribution in [1.29, 1.82) is 0 Å². The van der Waals surface area contributed by atoms with E-state index in [4.69, 9.17) is 19.2 Å². The van der Waals surface area contributed by atoms with E-state index >= 15 is 0 Å². The number of hydrogen-bond acceptors (Lipinski definition) is 13. The van der Waals surface area contributed by atoms with Crippen LogP contribution in [0.25, 0.3) is 22.2 Å². The van der Waals surface area contributed by atoms with E-state index in [1.165, 1.54) is 18.4 Å². The van der Waals surface area contributed by atoms with Gasteiger partial charge in [-0.15, -0.1) is 0 Å². The number of esters is 1. The van der Waals surface area contributed by atoms with Gasteiger partial charge in [0, 0.05) is 113 Å². The monoisotopic (exact) mass is 991 g/mol. The third-order valence-electron chi connectivity index (χ3n) is 18.0. The maximum atomic E-state index is 15.0. The number of methoxy groups -OCH3 is 1. The molecule has 16 heteroatoms. The molecule has 8 aliphatic rings. The largest absolute Gasteiger partial charge is 0.464 e. The van der Waals surface area contributed by atoms with Gasteiger partial charge in [-0.25, -0.2) is 5.43 Å². The second-order valence-electron chi connectivity index (χ2n) is 23.7. The second kappa shape index (κ2) is 20.8. The van der Waals surface area contributed by atoms with Crippen molar-refractivity contribution in [2.24, 2.45) is 16.7 Å². The molecular weight excluding hydrogens is 909 g/mol. The van der Waals surface area contributed by atoms with Gasteiger partial charge in [0.25, 0.3) is 5.91 Å². The highest BCUT2D eigenvalue weighted by Gasteiger charge is 2.47. The molecule has 1 spiro atoms. The van der Waals surface area contributed by atoms with Crippen LogP contribution < -0.4 is 25.9 Å². The predicted molar refractivity (Wildman–Crippen MR) is 280 cm³/mol. The minimum atomic E-state index is -0.846. The number of nitrogens with one attached hydrogen (secondary N) is 3. The molecule has 8 heterocycles. The van der Waals surface area contributed by atoms with Gasteiger partial charge in [0.2, 0.25) is 5.91 Å². The Morgan fingerprint density at radius 1 is 0.958 bits per heavy atom. The van der Waals surface area contributed by atoms with E-state index in [0.717, 1.165) is 143 Å². The summed E-state index contributed by atoms with van der Waals surface area (Å²) in [5, 5.41) is 9.72. The Balaban J connectivity index is 0.951. The van der Waals surface area contributed by atoms with Gasteiger partial charge < -0.3 is 39.2 Å². The summed E-state index contributed by atoms with van der Waals surface area (Å²) < 4.78 is 21.4. The summed E-state index contributed by atoms with van der Waals surface area (Å²) in [5.74, 6) is -0.394. The van der Waals surface area contributed by atoms with Crippen molar-refractivity contribution in [2.75, 3.05) is 102 Å². The van der Waals surface area contributed by atoms with Gasteiger partial charge in [-0.3, -0.25) is 34.2 Å². The Hall–Kier alpha value is -4.32. The van der Waals surface area contributed by atoms with Crippen LogP contribution in [0, 0.1) is 16.7 Å². The normalized spacial score (nSPS) is 29.0. The van der Waals surface area contributed by atoms with Crippen LogP contribution in [-0.4, -0.2) is 165 Å². The fourth-order valence-electron chi connectivity index (χ4n) is 13.8. The predicted octanol–water partition coefficient (Wildman–Crippen LogP) is 5.66. The number of likely N-dealkylation sites (tertiary alicyclic amines) is 1. The van der Waals surface area contributed by atoms with Crippen molar-refractivity contribution in [3.8, 4) is 11.3 Å². The number of aryl methyl sites for hydroxylation is 1. The summed E-state index contributed by atoms with van der Waals surface area (Å²) in [6.07, 6.45) is 12.8. The molecule has 6 atom stereocenters. The average molecular weight is 991 g/mol. The topological polar surface area (TPSA) is 149 Å². The Kier molecular flexibility index (Phi) is 14.4. The van der Waals surface area contributed by atoms with E-state index in [0.29, 0.717) is 51.9 Å². The number of nitrogens with zero attached hydrogens (tertiary/aromatic N) is 7. The van der Waals surface area contributed by atoms with Gasteiger partial charge in [-0.2, -0.15) is 0 Å². The number of amides is 2. The molecule has 2 amide bonds. The first-order chi connectivity index (χ1) is 34.9. The highest BCUT2D eigenvalue weighted by molar-refractivity contribution is 5.95. The Morgan fingerprint density at radius 3 is 2.53 bits per heavy atom. The summed E-state index contributed by atoms with van der Waals surface area (Å²) in [6, 6.07) is 8.14.